The van der Waals surface area contributed by atoms with Crippen LogP contribution in [0, 0.1) is 5.92 Å². The second-order valence-electron chi connectivity index (χ2n) is 3.10. The van der Waals surface area contributed by atoms with Crippen molar-refractivity contribution in [2.24, 2.45) is 15.9 Å². The molecule has 0 unspecified atom stereocenters. The molecule has 1 N–H and O–H groups in total. The highest BCUT2D eigenvalue weighted by atomic mass is 16.4. The fourth-order valence-corrected chi connectivity index (χ4v) is 1.04. The van der Waals surface area contributed by atoms with Crippen LogP contribution in [0.1, 0.15) is 13.8 Å². The van der Waals surface area contributed by atoms with Gasteiger partial charge in [0.2, 0.25) is 0 Å². The van der Waals surface area contributed by atoms with Gasteiger partial charge in [-0.3, -0.25) is 0 Å². The van der Waals surface area contributed by atoms with Gasteiger partial charge in [-0.25, -0.2) is 9.59 Å². The second kappa shape index (κ2) is 3.95. The van der Waals surface area contributed by atoms with E-state index >= 15 is 0 Å². The van der Waals surface area contributed by atoms with Gasteiger partial charge < -0.3 is 5.11 Å². The highest BCUT2D eigenvalue weighted by Crippen LogP contribution is 2.09. The van der Waals surface area contributed by atoms with E-state index in [0.717, 1.165) is 6.08 Å². The zero-order valence-electron chi connectivity index (χ0n) is 7.89. The molecule has 1 heterocycles. The monoisotopic (exact) mass is 194 g/mol. The molecule has 2 amide bonds. The summed E-state index contributed by atoms with van der Waals surface area (Å²) in [6.45, 7) is 3.73. The highest BCUT2D eigenvalue weighted by molar-refractivity contribution is 6.52. The SMILES string of the molecule is CC(C)C1=NC(=O)N=C1C=CC(=O)O. The lowest BCUT2D eigenvalue weighted by atomic mass is 10.0. The minimum atomic E-state index is -1.07. The number of nitrogens with zero attached hydrogens (tertiary/aromatic N) is 2. The van der Waals surface area contributed by atoms with Crippen LogP contribution in [0.4, 0.5) is 4.79 Å². The van der Waals surface area contributed by atoms with Crippen LogP contribution in [0.2, 0.25) is 0 Å². The van der Waals surface area contributed by atoms with Crippen molar-refractivity contribution >= 4 is 23.4 Å². The Bertz CT molecular complexity index is 364. The first-order chi connectivity index (χ1) is 6.50. The standard InChI is InChI=1S/C9H10N2O3/c1-5(2)8-6(3-4-7(12)13)10-9(14)11-8/h3-5H,1-2H3,(H,12,13). The molecule has 1 rings (SSSR count). The van der Waals surface area contributed by atoms with Crippen LogP contribution in [-0.2, 0) is 4.79 Å². The van der Waals surface area contributed by atoms with Gasteiger partial charge in [0.1, 0.15) is 0 Å². The van der Waals surface area contributed by atoms with Crippen LogP contribution >= 0.6 is 0 Å². The second-order valence-corrected chi connectivity index (χ2v) is 3.10. The van der Waals surface area contributed by atoms with E-state index in [4.69, 9.17) is 5.11 Å². The number of aliphatic imine (C=N–C) groups is 2. The molecule has 0 saturated heterocycles. The molecule has 0 bridgehead atoms. The first-order valence-corrected chi connectivity index (χ1v) is 4.13. The van der Waals surface area contributed by atoms with Crippen LogP contribution in [0.15, 0.2) is 22.1 Å². The molecule has 0 aromatic rings. The van der Waals surface area contributed by atoms with Crippen molar-refractivity contribution in [1.29, 1.82) is 0 Å². The predicted octanol–water partition coefficient (Wildman–Crippen LogP) is 1.30. The van der Waals surface area contributed by atoms with Crippen molar-refractivity contribution in [2.45, 2.75) is 13.8 Å². The molecule has 0 saturated carbocycles. The molecule has 5 heteroatoms. The Labute approximate surface area is 80.9 Å². The minimum Gasteiger partial charge on any atom is -0.478 e. The lowest BCUT2D eigenvalue weighted by Crippen LogP contribution is -2.15. The van der Waals surface area contributed by atoms with E-state index in [1.165, 1.54) is 6.08 Å². The third-order valence-corrected chi connectivity index (χ3v) is 1.63. The van der Waals surface area contributed by atoms with Crippen molar-refractivity contribution in [2.75, 3.05) is 0 Å². The summed E-state index contributed by atoms with van der Waals surface area (Å²) in [6, 6.07) is -0.571. The largest absolute Gasteiger partial charge is 0.478 e. The fourth-order valence-electron chi connectivity index (χ4n) is 1.04. The molecule has 0 aromatic heterocycles. The van der Waals surface area contributed by atoms with Crippen LogP contribution in [-0.4, -0.2) is 28.5 Å². The zero-order valence-corrected chi connectivity index (χ0v) is 7.89. The van der Waals surface area contributed by atoms with Gasteiger partial charge >= 0.3 is 12.0 Å². The molecule has 5 nitrogen and oxygen atoms in total. The Balaban J connectivity index is 2.90. The first kappa shape index (κ1) is 10.3. The van der Waals surface area contributed by atoms with Gasteiger partial charge in [-0.15, -0.1) is 0 Å². The quantitative estimate of drug-likeness (QED) is 0.687. The molecule has 74 valence electrons. The molecule has 1 aliphatic heterocycles. The Morgan fingerprint density at radius 1 is 1.43 bits per heavy atom. The molecule has 0 atom stereocenters. The lowest BCUT2D eigenvalue weighted by molar-refractivity contribution is -0.131. The Morgan fingerprint density at radius 2 is 2.07 bits per heavy atom. The maximum atomic E-state index is 10.9. The summed E-state index contributed by atoms with van der Waals surface area (Å²) in [7, 11) is 0. The molecule has 14 heavy (non-hydrogen) atoms. The van der Waals surface area contributed by atoms with Crippen molar-refractivity contribution in [1.82, 2.24) is 0 Å². The Hall–Kier alpha value is -1.78. The normalized spacial score (nSPS) is 16.4. The number of rotatable bonds is 3. The Kier molecular flexibility index (Phi) is 2.91. The van der Waals surface area contributed by atoms with E-state index in [1.807, 2.05) is 13.8 Å². The van der Waals surface area contributed by atoms with E-state index in [-0.39, 0.29) is 5.92 Å². The molecule has 1 aliphatic rings. The third-order valence-electron chi connectivity index (χ3n) is 1.63. The summed E-state index contributed by atoms with van der Waals surface area (Å²) in [5, 5.41) is 8.40. The summed E-state index contributed by atoms with van der Waals surface area (Å²) in [4.78, 5) is 28.4. The number of allylic oxidation sites excluding steroid dienone is 1. The fraction of sp³-hybridized carbons (Fsp3) is 0.333. The summed E-state index contributed by atoms with van der Waals surface area (Å²) < 4.78 is 0. The summed E-state index contributed by atoms with van der Waals surface area (Å²) >= 11 is 0. The number of aliphatic carboxylic acids is 1. The van der Waals surface area contributed by atoms with Gasteiger partial charge in [-0.2, -0.15) is 9.98 Å². The molecule has 0 spiro atoms. The van der Waals surface area contributed by atoms with E-state index in [0.29, 0.717) is 11.4 Å². The summed E-state index contributed by atoms with van der Waals surface area (Å²) in [6.07, 6.45) is 2.22. The number of hydrogen-bond donors (Lipinski definition) is 1. The van der Waals surface area contributed by atoms with E-state index in [2.05, 4.69) is 9.98 Å². The van der Waals surface area contributed by atoms with Crippen LogP contribution in [0.5, 0.6) is 0 Å². The molecule has 0 aromatic carbocycles. The lowest BCUT2D eigenvalue weighted by Gasteiger charge is -2.02. The number of amides is 2. The maximum absolute atomic E-state index is 10.9. The average Bonchev–Trinajstić information content (AvgIpc) is 2.43. The van der Waals surface area contributed by atoms with Gasteiger partial charge in [-0.05, 0) is 12.0 Å². The third kappa shape index (κ3) is 2.35. The molecular formula is C9H10N2O3. The number of carboxylic acids is 1. The maximum Gasteiger partial charge on any atom is 0.367 e. The number of hydrogen-bond acceptors (Lipinski definition) is 2. The van der Waals surface area contributed by atoms with Gasteiger partial charge in [-0.1, -0.05) is 13.8 Å². The summed E-state index contributed by atoms with van der Waals surface area (Å²) in [5.41, 5.74) is 0.875. The molecule has 0 aliphatic carbocycles. The Morgan fingerprint density at radius 3 is 2.57 bits per heavy atom. The minimum absolute atomic E-state index is 0.0543. The van der Waals surface area contributed by atoms with Gasteiger partial charge in [0.15, 0.2) is 0 Å². The van der Waals surface area contributed by atoms with E-state index in [1.54, 1.807) is 0 Å². The molecule has 0 fully saturated rings. The van der Waals surface area contributed by atoms with E-state index < -0.39 is 12.0 Å². The molecule has 0 radical (unpaired) electrons. The summed E-state index contributed by atoms with van der Waals surface area (Å²) in [5.74, 6) is -1.02. The number of carboxylic acid groups (broad SMARTS) is 1. The van der Waals surface area contributed by atoms with Gasteiger partial charge in [0.05, 0.1) is 11.4 Å². The average molecular weight is 194 g/mol. The highest BCUT2D eigenvalue weighted by Gasteiger charge is 2.19. The molecular weight excluding hydrogens is 184 g/mol. The predicted molar refractivity (Wildman–Crippen MR) is 51.9 cm³/mol. The zero-order chi connectivity index (χ0) is 10.7. The van der Waals surface area contributed by atoms with E-state index in [9.17, 15) is 9.59 Å². The van der Waals surface area contributed by atoms with Gasteiger partial charge in [0, 0.05) is 6.08 Å². The first-order valence-electron chi connectivity index (χ1n) is 4.13. The van der Waals surface area contributed by atoms with Crippen molar-refractivity contribution < 1.29 is 14.7 Å². The van der Waals surface area contributed by atoms with Crippen LogP contribution < -0.4 is 0 Å². The van der Waals surface area contributed by atoms with Crippen molar-refractivity contribution in [3.05, 3.63) is 12.2 Å². The van der Waals surface area contributed by atoms with Crippen LogP contribution in [0.25, 0.3) is 0 Å². The van der Waals surface area contributed by atoms with Crippen molar-refractivity contribution in [3.63, 3.8) is 0 Å². The number of carbonyl (C=O) groups is 2. The van der Waals surface area contributed by atoms with Crippen LogP contribution in [0.3, 0.4) is 0 Å². The number of carbonyl (C=O) groups excluding carboxylic acids is 1. The smallest absolute Gasteiger partial charge is 0.367 e. The van der Waals surface area contributed by atoms with Crippen molar-refractivity contribution in [3.8, 4) is 0 Å². The van der Waals surface area contributed by atoms with Gasteiger partial charge in [0.25, 0.3) is 0 Å². The topological polar surface area (TPSA) is 79.1 Å². The number of urea groups is 1.